The lowest BCUT2D eigenvalue weighted by Crippen LogP contribution is -2.30. The summed E-state index contributed by atoms with van der Waals surface area (Å²) in [7, 11) is 0. The summed E-state index contributed by atoms with van der Waals surface area (Å²) in [5.74, 6) is 0. The van der Waals surface area contributed by atoms with Gasteiger partial charge in [0.15, 0.2) is 0 Å². The van der Waals surface area contributed by atoms with Crippen molar-refractivity contribution in [3.8, 4) is 0 Å². The molecule has 0 bridgehead atoms. The lowest BCUT2D eigenvalue weighted by molar-refractivity contribution is 0.0103. The third-order valence-corrected chi connectivity index (χ3v) is 3.61. The van der Waals surface area contributed by atoms with E-state index in [1.54, 1.807) is 0 Å². The Hall–Kier alpha value is -0.120. The van der Waals surface area contributed by atoms with E-state index in [1.807, 2.05) is 0 Å². The van der Waals surface area contributed by atoms with Crippen LogP contribution < -0.4 is 5.32 Å². The second kappa shape index (κ2) is 6.58. The first-order valence-electron chi connectivity index (χ1n) is 6.82. The van der Waals surface area contributed by atoms with Crippen LogP contribution in [0.2, 0.25) is 0 Å². The molecule has 0 saturated carbocycles. The summed E-state index contributed by atoms with van der Waals surface area (Å²) in [6.07, 6.45) is 8.85. The van der Waals surface area contributed by atoms with E-state index < -0.39 is 0 Å². The molecule has 2 aliphatic heterocycles. The summed E-state index contributed by atoms with van der Waals surface area (Å²) in [5, 5.41) is 3.49. The molecule has 0 aromatic heterocycles. The van der Waals surface area contributed by atoms with Gasteiger partial charge in [-0.3, -0.25) is 0 Å². The smallest absolute Gasteiger partial charge is 0.0704 e. The zero-order chi connectivity index (χ0) is 11.2. The fourth-order valence-electron chi connectivity index (χ4n) is 2.60. The van der Waals surface area contributed by atoms with E-state index in [0.717, 1.165) is 26.1 Å². The number of hydrogen-bond donors (Lipinski definition) is 1. The van der Waals surface area contributed by atoms with Crippen LogP contribution in [0.3, 0.4) is 0 Å². The van der Waals surface area contributed by atoms with Crippen molar-refractivity contribution < 1.29 is 9.47 Å². The van der Waals surface area contributed by atoms with Gasteiger partial charge in [-0.2, -0.15) is 0 Å². The van der Waals surface area contributed by atoms with Crippen LogP contribution in [-0.4, -0.2) is 38.0 Å². The fraction of sp³-hybridized carbons (Fsp3) is 1.00. The van der Waals surface area contributed by atoms with E-state index >= 15 is 0 Å². The van der Waals surface area contributed by atoms with Crippen LogP contribution in [0, 0.1) is 0 Å². The van der Waals surface area contributed by atoms with Crippen molar-refractivity contribution >= 4 is 0 Å². The third-order valence-electron chi connectivity index (χ3n) is 3.61. The topological polar surface area (TPSA) is 30.5 Å². The lowest BCUT2D eigenvalue weighted by atomic mass is 10.1. The third kappa shape index (κ3) is 4.04. The van der Waals surface area contributed by atoms with Crippen LogP contribution >= 0.6 is 0 Å². The first-order chi connectivity index (χ1) is 7.84. The summed E-state index contributed by atoms with van der Waals surface area (Å²) >= 11 is 0. The van der Waals surface area contributed by atoms with Crippen LogP contribution in [0.4, 0.5) is 0 Å². The summed E-state index contributed by atoms with van der Waals surface area (Å²) in [6, 6.07) is 0. The van der Waals surface area contributed by atoms with E-state index in [2.05, 4.69) is 12.2 Å². The molecule has 3 unspecified atom stereocenters. The maximum atomic E-state index is 5.76. The lowest BCUT2D eigenvalue weighted by Gasteiger charge is -2.22. The van der Waals surface area contributed by atoms with Gasteiger partial charge in [-0.05, 0) is 52.0 Å². The van der Waals surface area contributed by atoms with Crippen molar-refractivity contribution in [3.63, 3.8) is 0 Å². The van der Waals surface area contributed by atoms with E-state index in [0.29, 0.717) is 18.3 Å². The highest BCUT2D eigenvalue weighted by molar-refractivity contribution is 4.73. The maximum Gasteiger partial charge on any atom is 0.0704 e. The van der Waals surface area contributed by atoms with Gasteiger partial charge in [0.25, 0.3) is 0 Å². The first kappa shape index (κ1) is 12.3. The maximum absolute atomic E-state index is 5.76. The molecule has 0 amide bonds. The zero-order valence-electron chi connectivity index (χ0n) is 10.4. The first-order valence-corrected chi connectivity index (χ1v) is 6.82. The molecule has 2 rings (SSSR count). The van der Waals surface area contributed by atoms with Crippen LogP contribution in [0.1, 0.15) is 45.4 Å². The SMILES string of the molecule is CC1CCC(CNCCC2CCCCO2)O1. The molecule has 0 aromatic carbocycles. The standard InChI is InChI=1S/C13H25NO2/c1-11-5-6-13(16-11)10-14-8-7-12-4-2-3-9-15-12/h11-14H,2-10H2,1H3. The summed E-state index contributed by atoms with van der Waals surface area (Å²) < 4.78 is 11.5. The molecule has 0 aromatic rings. The molecule has 3 atom stereocenters. The second-order valence-corrected chi connectivity index (χ2v) is 5.13. The fourth-order valence-corrected chi connectivity index (χ4v) is 2.60. The molecular formula is C13H25NO2. The van der Waals surface area contributed by atoms with Gasteiger partial charge in [-0.25, -0.2) is 0 Å². The molecule has 94 valence electrons. The minimum Gasteiger partial charge on any atom is -0.378 e. The molecule has 3 heteroatoms. The van der Waals surface area contributed by atoms with Gasteiger partial charge in [0.05, 0.1) is 18.3 Å². The molecule has 3 nitrogen and oxygen atoms in total. The summed E-state index contributed by atoms with van der Waals surface area (Å²) in [5.41, 5.74) is 0. The molecule has 0 spiro atoms. The zero-order valence-corrected chi connectivity index (χ0v) is 10.4. The normalized spacial score (nSPS) is 35.4. The monoisotopic (exact) mass is 227 g/mol. The highest BCUT2D eigenvalue weighted by atomic mass is 16.5. The predicted molar refractivity (Wildman–Crippen MR) is 64.6 cm³/mol. The van der Waals surface area contributed by atoms with Crippen molar-refractivity contribution in [2.24, 2.45) is 0 Å². The van der Waals surface area contributed by atoms with Gasteiger partial charge in [-0.15, -0.1) is 0 Å². The van der Waals surface area contributed by atoms with Crippen molar-refractivity contribution in [1.82, 2.24) is 5.32 Å². The van der Waals surface area contributed by atoms with Gasteiger partial charge in [0, 0.05) is 13.2 Å². The Labute approximate surface area is 98.9 Å². The average molecular weight is 227 g/mol. The molecule has 2 aliphatic rings. The minimum absolute atomic E-state index is 0.447. The van der Waals surface area contributed by atoms with Crippen molar-refractivity contribution in [1.29, 1.82) is 0 Å². The molecule has 16 heavy (non-hydrogen) atoms. The Morgan fingerprint density at radius 2 is 2.06 bits per heavy atom. The Kier molecular flexibility index (Phi) is 5.07. The number of hydrogen-bond acceptors (Lipinski definition) is 3. The van der Waals surface area contributed by atoms with Crippen LogP contribution in [-0.2, 0) is 9.47 Å². The highest BCUT2D eigenvalue weighted by Crippen LogP contribution is 2.18. The van der Waals surface area contributed by atoms with Crippen molar-refractivity contribution in [2.45, 2.75) is 63.8 Å². The van der Waals surface area contributed by atoms with Crippen molar-refractivity contribution in [2.75, 3.05) is 19.7 Å². The van der Waals surface area contributed by atoms with Crippen LogP contribution in [0.25, 0.3) is 0 Å². The van der Waals surface area contributed by atoms with Crippen molar-refractivity contribution in [3.05, 3.63) is 0 Å². The second-order valence-electron chi connectivity index (χ2n) is 5.13. The highest BCUT2D eigenvalue weighted by Gasteiger charge is 2.21. The minimum atomic E-state index is 0.447. The van der Waals surface area contributed by atoms with Gasteiger partial charge in [0.2, 0.25) is 0 Å². The van der Waals surface area contributed by atoms with Crippen LogP contribution in [0.15, 0.2) is 0 Å². The Balaban J connectivity index is 1.48. The predicted octanol–water partition coefficient (Wildman–Crippen LogP) is 2.10. The summed E-state index contributed by atoms with van der Waals surface area (Å²) in [6.45, 7) is 5.21. The summed E-state index contributed by atoms with van der Waals surface area (Å²) in [4.78, 5) is 0. The molecule has 2 fully saturated rings. The Morgan fingerprint density at radius 1 is 1.12 bits per heavy atom. The van der Waals surface area contributed by atoms with E-state index in [1.165, 1.54) is 32.1 Å². The van der Waals surface area contributed by atoms with Gasteiger partial charge in [-0.1, -0.05) is 0 Å². The van der Waals surface area contributed by atoms with Crippen LogP contribution in [0.5, 0.6) is 0 Å². The Morgan fingerprint density at radius 3 is 2.75 bits per heavy atom. The van der Waals surface area contributed by atoms with Gasteiger partial charge < -0.3 is 14.8 Å². The Bertz CT molecular complexity index is 186. The molecule has 0 radical (unpaired) electrons. The van der Waals surface area contributed by atoms with E-state index in [9.17, 15) is 0 Å². The molecule has 2 heterocycles. The number of nitrogens with one attached hydrogen (secondary N) is 1. The van der Waals surface area contributed by atoms with E-state index in [4.69, 9.17) is 9.47 Å². The molecule has 0 aliphatic carbocycles. The van der Waals surface area contributed by atoms with Gasteiger partial charge >= 0.3 is 0 Å². The van der Waals surface area contributed by atoms with Gasteiger partial charge in [0.1, 0.15) is 0 Å². The molecule has 1 N–H and O–H groups in total. The van der Waals surface area contributed by atoms with E-state index in [-0.39, 0.29) is 0 Å². The largest absolute Gasteiger partial charge is 0.378 e. The quantitative estimate of drug-likeness (QED) is 0.730. The average Bonchev–Trinajstić information content (AvgIpc) is 2.72. The number of ether oxygens (including phenoxy) is 2. The molecular weight excluding hydrogens is 202 g/mol. The molecule has 2 saturated heterocycles. The number of rotatable bonds is 5.